The average Bonchev–Trinajstić information content (AvgIpc) is 2.08. The van der Waals surface area contributed by atoms with Crippen molar-refractivity contribution in [2.24, 2.45) is 11.8 Å². The van der Waals surface area contributed by atoms with Gasteiger partial charge < -0.3 is 0 Å². The van der Waals surface area contributed by atoms with Gasteiger partial charge in [-0.25, -0.2) is 4.39 Å². The first-order valence-corrected chi connectivity index (χ1v) is 5.45. The van der Waals surface area contributed by atoms with Gasteiger partial charge in [0, 0.05) is 0 Å². The first-order valence-electron chi connectivity index (χ1n) is 4.37. The maximum atomic E-state index is 13.3. The van der Waals surface area contributed by atoms with E-state index in [1.54, 1.807) is 0 Å². The van der Waals surface area contributed by atoms with Gasteiger partial charge in [0.15, 0.2) is 3.68 Å². The molecule has 0 aliphatic heterocycles. The minimum Gasteiger partial charge on any atom is -0.232 e. The van der Waals surface area contributed by atoms with Gasteiger partial charge in [-0.1, -0.05) is 13.8 Å². The van der Waals surface area contributed by atoms with Crippen LogP contribution in [-0.2, 0) is 0 Å². The van der Waals surface area contributed by atoms with Gasteiger partial charge in [-0.05, 0) is 60.1 Å². The van der Waals surface area contributed by atoms with Crippen LogP contribution < -0.4 is 0 Å². The third kappa shape index (κ3) is 3.26. The Kier molecular flexibility index (Phi) is 3.18. The van der Waals surface area contributed by atoms with Gasteiger partial charge in [0.1, 0.15) is 0 Å². The van der Waals surface area contributed by atoms with E-state index in [2.05, 4.69) is 13.8 Å². The number of rotatable bonds is 2. The van der Waals surface area contributed by atoms with Crippen molar-refractivity contribution in [3.63, 3.8) is 0 Å². The van der Waals surface area contributed by atoms with Crippen molar-refractivity contribution in [2.75, 3.05) is 0 Å². The van der Waals surface area contributed by atoms with Gasteiger partial charge in [0.25, 0.3) is 0 Å². The molecule has 0 amide bonds. The van der Waals surface area contributed by atoms with E-state index >= 15 is 0 Å². The van der Waals surface area contributed by atoms with E-state index in [1.165, 1.54) is 6.42 Å². The number of hydrogen-bond acceptors (Lipinski definition) is 0. The summed E-state index contributed by atoms with van der Waals surface area (Å²) in [6.45, 7) is 4.43. The van der Waals surface area contributed by atoms with E-state index in [0.29, 0.717) is 5.92 Å². The quantitative estimate of drug-likeness (QED) is 0.526. The Morgan fingerprint density at radius 2 is 2.27 bits per heavy atom. The molecule has 2 heteroatoms. The predicted molar refractivity (Wildman–Crippen MR) is 54.7 cm³/mol. The van der Waals surface area contributed by atoms with Crippen LogP contribution in [0.2, 0.25) is 0 Å². The molecule has 2 atom stereocenters. The Balaban J connectivity index is 2.31. The Morgan fingerprint density at radius 3 is 2.64 bits per heavy atom. The Bertz CT molecular complexity index is 132. The molecule has 1 saturated carbocycles. The van der Waals surface area contributed by atoms with Crippen LogP contribution in [0.1, 0.15) is 39.5 Å². The average molecular weight is 270 g/mol. The number of alkyl halides is 2. The highest BCUT2D eigenvalue weighted by Gasteiger charge is 2.36. The van der Waals surface area contributed by atoms with Crippen LogP contribution in [0.25, 0.3) is 0 Å². The third-order valence-electron chi connectivity index (χ3n) is 2.31. The molecule has 1 rings (SSSR count). The zero-order chi connectivity index (χ0) is 8.48. The van der Waals surface area contributed by atoms with Crippen LogP contribution in [0.15, 0.2) is 0 Å². The van der Waals surface area contributed by atoms with E-state index in [9.17, 15) is 4.39 Å². The lowest BCUT2D eigenvalue weighted by Gasteiger charge is -2.13. The van der Waals surface area contributed by atoms with Crippen LogP contribution in [0, 0.1) is 11.8 Å². The van der Waals surface area contributed by atoms with Crippen LogP contribution in [0.5, 0.6) is 0 Å². The van der Waals surface area contributed by atoms with Crippen molar-refractivity contribution >= 4 is 22.6 Å². The highest BCUT2D eigenvalue weighted by molar-refractivity contribution is 14.1. The van der Waals surface area contributed by atoms with Gasteiger partial charge in [-0.3, -0.25) is 0 Å². The lowest BCUT2D eigenvalue weighted by molar-refractivity contribution is 0.300. The van der Waals surface area contributed by atoms with Crippen molar-refractivity contribution in [2.45, 2.75) is 43.2 Å². The van der Waals surface area contributed by atoms with Gasteiger partial charge in [-0.2, -0.15) is 0 Å². The molecule has 0 spiro atoms. The fourth-order valence-corrected chi connectivity index (χ4v) is 2.84. The second-order valence-electron chi connectivity index (χ2n) is 4.09. The van der Waals surface area contributed by atoms with E-state index in [0.717, 1.165) is 25.2 Å². The Labute approximate surface area is 82.1 Å². The largest absolute Gasteiger partial charge is 0.232 e. The molecule has 1 aliphatic carbocycles. The van der Waals surface area contributed by atoms with Gasteiger partial charge in [0.05, 0.1) is 0 Å². The minimum atomic E-state index is -0.878. The fourth-order valence-electron chi connectivity index (χ4n) is 1.91. The molecule has 0 heterocycles. The molecule has 1 fully saturated rings. The topological polar surface area (TPSA) is 0 Å². The first kappa shape index (κ1) is 9.75. The van der Waals surface area contributed by atoms with Crippen molar-refractivity contribution in [1.82, 2.24) is 0 Å². The fraction of sp³-hybridized carbons (Fsp3) is 1.00. The molecule has 0 bridgehead atoms. The number of halogens is 2. The number of hydrogen-bond donors (Lipinski definition) is 0. The molecular weight excluding hydrogens is 254 g/mol. The predicted octanol–water partition coefficient (Wildman–Crippen LogP) is 3.93. The first-order chi connectivity index (χ1) is 4.99. The van der Waals surface area contributed by atoms with E-state index in [4.69, 9.17) is 0 Å². The van der Waals surface area contributed by atoms with E-state index < -0.39 is 3.68 Å². The highest BCUT2D eigenvalue weighted by atomic mass is 127. The molecule has 0 nitrogen and oxygen atoms in total. The van der Waals surface area contributed by atoms with Gasteiger partial charge in [-0.15, -0.1) is 0 Å². The summed E-state index contributed by atoms with van der Waals surface area (Å²) in [6, 6.07) is 0. The lowest BCUT2D eigenvalue weighted by atomic mass is 9.96. The highest BCUT2D eigenvalue weighted by Crippen LogP contribution is 2.44. The molecule has 0 aromatic carbocycles. The summed E-state index contributed by atoms with van der Waals surface area (Å²) in [5.41, 5.74) is 0. The molecule has 1 aliphatic rings. The zero-order valence-corrected chi connectivity index (χ0v) is 9.40. The van der Waals surface area contributed by atoms with E-state index in [-0.39, 0.29) is 0 Å². The smallest absolute Gasteiger partial charge is 0.161 e. The maximum Gasteiger partial charge on any atom is 0.161 e. The SMILES string of the molecule is CC(C)CC1CCC(F)(I)C1. The summed E-state index contributed by atoms with van der Waals surface area (Å²) in [5, 5.41) is 0. The molecule has 0 saturated heterocycles. The Hall–Kier alpha value is 0.660. The van der Waals surface area contributed by atoms with Crippen LogP contribution in [-0.4, -0.2) is 3.68 Å². The summed E-state index contributed by atoms with van der Waals surface area (Å²) in [4.78, 5) is 0. The molecule has 0 aromatic rings. The zero-order valence-electron chi connectivity index (χ0n) is 7.24. The van der Waals surface area contributed by atoms with Crippen molar-refractivity contribution in [3.8, 4) is 0 Å². The van der Waals surface area contributed by atoms with Gasteiger partial charge in [0.2, 0.25) is 0 Å². The van der Waals surface area contributed by atoms with Crippen LogP contribution in [0.4, 0.5) is 4.39 Å². The summed E-state index contributed by atoms with van der Waals surface area (Å²) in [5.74, 6) is 1.38. The molecule has 0 aromatic heterocycles. The van der Waals surface area contributed by atoms with Crippen LogP contribution in [0.3, 0.4) is 0 Å². The van der Waals surface area contributed by atoms with Gasteiger partial charge >= 0.3 is 0 Å². The minimum absolute atomic E-state index is 0.650. The second-order valence-corrected chi connectivity index (χ2v) is 6.03. The molecule has 66 valence electrons. The molecular formula is C9H16FI. The van der Waals surface area contributed by atoms with Crippen molar-refractivity contribution < 1.29 is 4.39 Å². The third-order valence-corrected chi connectivity index (χ3v) is 3.29. The monoisotopic (exact) mass is 270 g/mol. The summed E-state index contributed by atoms with van der Waals surface area (Å²) in [7, 11) is 0. The molecule has 2 unspecified atom stereocenters. The van der Waals surface area contributed by atoms with Crippen molar-refractivity contribution in [1.29, 1.82) is 0 Å². The summed E-state index contributed by atoms with van der Waals surface area (Å²) >= 11 is 1.96. The van der Waals surface area contributed by atoms with Crippen molar-refractivity contribution in [3.05, 3.63) is 0 Å². The standard InChI is InChI=1S/C9H16FI/c1-7(2)5-8-3-4-9(10,11)6-8/h7-8H,3-6H2,1-2H3. The molecule has 11 heavy (non-hydrogen) atoms. The summed E-state index contributed by atoms with van der Waals surface area (Å²) < 4.78 is 12.4. The summed E-state index contributed by atoms with van der Waals surface area (Å²) in [6.07, 6.45) is 3.85. The normalized spacial score (nSPS) is 38.5. The second kappa shape index (κ2) is 3.58. The lowest BCUT2D eigenvalue weighted by Crippen LogP contribution is -2.07. The molecule has 0 N–H and O–H groups in total. The molecule has 0 radical (unpaired) electrons. The maximum absolute atomic E-state index is 13.3. The Morgan fingerprint density at radius 1 is 1.64 bits per heavy atom. The van der Waals surface area contributed by atoms with Crippen LogP contribution >= 0.6 is 22.6 Å². The van der Waals surface area contributed by atoms with E-state index in [1.807, 2.05) is 22.6 Å².